The van der Waals surface area contributed by atoms with Crippen LogP contribution in [0.4, 0.5) is 0 Å². The molecule has 1 aromatic heterocycles. The zero-order valence-electron chi connectivity index (χ0n) is 10.4. The minimum Gasteiger partial charge on any atom is -0.466 e. The first-order valence-electron chi connectivity index (χ1n) is 5.63. The SMILES string of the molecule is CC.COC(=O)/C=C/c1ccc2cc[nH]c2c1. The summed E-state index contributed by atoms with van der Waals surface area (Å²) >= 11 is 0. The van der Waals surface area contributed by atoms with Gasteiger partial charge in [0, 0.05) is 17.8 Å². The standard InChI is InChI=1S/C12H11NO2.C2H6/c1-15-12(14)5-3-9-2-4-10-6-7-13-11(10)8-9;1-2/h2-8,13H,1H3;1-2H3/b5-3+;. The van der Waals surface area contributed by atoms with Crippen molar-refractivity contribution in [2.24, 2.45) is 0 Å². The third-order valence-electron chi connectivity index (χ3n) is 2.19. The van der Waals surface area contributed by atoms with Crippen molar-refractivity contribution in [3.8, 4) is 0 Å². The first kappa shape index (κ1) is 13.0. The van der Waals surface area contributed by atoms with Gasteiger partial charge < -0.3 is 9.72 Å². The van der Waals surface area contributed by atoms with Crippen molar-refractivity contribution in [3.05, 3.63) is 42.1 Å². The highest BCUT2D eigenvalue weighted by molar-refractivity contribution is 5.88. The normalized spacial score (nSPS) is 10.1. The van der Waals surface area contributed by atoms with Gasteiger partial charge in [0.1, 0.15) is 0 Å². The van der Waals surface area contributed by atoms with E-state index in [9.17, 15) is 4.79 Å². The van der Waals surface area contributed by atoms with Crippen LogP contribution in [0.15, 0.2) is 36.5 Å². The Hall–Kier alpha value is -2.03. The second kappa shape index (κ2) is 6.53. The predicted octanol–water partition coefficient (Wildman–Crippen LogP) is 3.38. The number of ether oxygens (including phenoxy) is 1. The molecule has 0 fully saturated rings. The zero-order chi connectivity index (χ0) is 12.7. The Morgan fingerprint density at radius 3 is 2.76 bits per heavy atom. The maximum absolute atomic E-state index is 10.9. The second-order valence-electron chi connectivity index (χ2n) is 3.18. The number of hydrogen-bond donors (Lipinski definition) is 1. The van der Waals surface area contributed by atoms with Gasteiger partial charge in [-0.05, 0) is 29.2 Å². The Morgan fingerprint density at radius 2 is 2.06 bits per heavy atom. The lowest BCUT2D eigenvalue weighted by Gasteiger charge is -1.94. The number of H-pyrrole nitrogens is 1. The molecule has 0 radical (unpaired) electrons. The van der Waals surface area contributed by atoms with Gasteiger partial charge in [-0.15, -0.1) is 0 Å². The lowest BCUT2D eigenvalue weighted by molar-refractivity contribution is -0.134. The fraction of sp³-hybridized carbons (Fsp3) is 0.214. The van der Waals surface area contributed by atoms with Crippen molar-refractivity contribution in [1.29, 1.82) is 0 Å². The number of benzene rings is 1. The third kappa shape index (κ3) is 3.48. The molecule has 0 aliphatic carbocycles. The summed E-state index contributed by atoms with van der Waals surface area (Å²) in [4.78, 5) is 14.0. The van der Waals surface area contributed by atoms with Crippen molar-refractivity contribution < 1.29 is 9.53 Å². The molecule has 0 amide bonds. The smallest absolute Gasteiger partial charge is 0.330 e. The van der Waals surface area contributed by atoms with Gasteiger partial charge in [0.05, 0.1) is 7.11 Å². The summed E-state index contributed by atoms with van der Waals surface area (Å²) < 4.78 is 4.51. The Kier molecular flexibility index (Phi) is 5.01. The quantitative estimate of drug-likeness (QED) is 0.636. The van der Waals surface area contributed by atoms with Crippen molar-refractivity contribution in [1.82, 2.24) is 4.98 Å². The molecule has 0 aliphatic heterocycles. The van der Waals surface area contributed by atoms with Crippen LogP contribution in [-0.4, -0.2) is 18.1 Å². The first-order valence-corrected chi connectivity index (χ1v) is 5.63. The molecule has 0 saturated carbocycles. The van der Waals surface area contributed by atoms with Gasteiger partial charge in [-0.3, -0.25) is 0 Å². The average Bonchev–Trinajstić information content (AvgIpc) is 2.85. The number of carbonyl (C=O) groups excluding carboxylic acids is 1. The molecule has 2 rings (SSSR count). The first-order chi connectivity index (χ1) is 8.29. The second-order valence-corrected chi connectivity index (χ2v) is 3.18. The van der Waals surface area contributed by atoms with E-state index in [0.29, 0.717) is 0 Å². The van der Waals surface area contributed by atoms with E-state index in [-0.39, 0.29) is 5.97 Å². The fourth-order valence-electron chi connectivity index (χ4n) is 1.40. The number of aromatic amines is 1. The number of hydrogen-bond acceptors (Lipinski definition) is 2. The molecule has 0 bridgehead atoms. The molecule has 0 aliphatic rings. The van der Waals surface area contributed by atoms with Crippen molar-refractivity contribution in [2.75, 3.05) is 7.11 Å². The molecule has 0 spiro atoms. The monoisotopic (exact) mass is 231 g/mol. The third-order valence-corrected chi connectivity index (χ3v) is 2.19. The molecule has 1 heterocycles. The minimum atomic E-state index is -0.346. The molecular weight excluding hydrogens is 214 g/mol. The van der Waals surface area contributed by atoms with Crippen molar-refractivity contribution in [3.63, 3.8) is 0 Å². The van der Waals surface area contributed by atoms with Crippen LogP contribution in [0, 0.1) is 0 Å². The average molecular weight is 231 g/mol. The predicted molar refractivity (Wildman–Crippen MR) is 70.7 cm³/mol. The van der Waals surface area contributed by atoms with Crippen LogP contribution in [0.3, 0.4) is 0 Å². The lowest BCUT2D eigenvalue weighted by atomic mass is 10.1. The number of nitrogens with one attached hydrogen (secondary N) is 1. The molecule has 90 valence electrons. The van der Waals surface area contributed by atoms with E-state index in [4.69, 9.17) is 0 Å². The summed E-state index contributed by atoms with van der Waals surface area (Å²) in [5.41, 5.74) is 2.03. The highest BCUT2D eigenvalue weighted by Gasteiger charge is 1.95. The van der Waals surface area contributed by atoms with E-state index in [1.807, 2.05) is 44.3 Å². The van der Waals surface area contributed by atoms with Gasteiger partial charge in [-0.25, -0.2) is 4.79 Å². The van der Waals surface area contributed by atoms with Crippen LogP contribution in [0.2, 0.25) is 0 Å². The van der Waals surface area contributed by atoms with E-state index in [2.05, 4.69) is 9.72 Å². The van der Waals surface area contributed by atoms with E-state index < -0.39 is 0 Å². The molecule has 3 nitrogen and oxygen atoms in total. The number of carbonyl (C=O) groups is 1. The topological polar surface area (TPSA) is 42.1 Å². The molecule has 17 heavy (non-hydrogen) atoms. The maximum Gasteiger partial charge on any atom is 0.330 e. The van der Waals surface area contributed by atoms with E-state index in [0.717, 1.165) is 16.5 Å². The van der Waals surface area contributed by atoms with Gasteiger partial charge in [0.25, 0.3) is 0 Å². The van der Waals surface area contributed by atoms with E-state index in [1.165, 1.54) is 13.2 Å². The molecule has 2 aromatic rings. The zero-order valence-corrected chi connectivity index (χ0v) is 10.4. The largest absolute Gasteiger partial charge is 0.466 e. The molecule has 1 N–H and O–H groups in total. The summed E-state index contributed by atoms with van der Waals surface area (Å²) in [5.74, 6) is -0.346. The van der Waals surface area contributed by atoms with Crippen LogP contribution in [0.1, 0.15) is 19.4 Å². The van der Waals surface area contributed by atoms with Crippen LogP contribution >= 0.6 is 0 Å². The molecule has 0 saturated heterocycles. The highest BCUT2D eigenvalue weighted by atomic mass is 16.5. The van der Waals surface area contributed by atoms with Crippen molar-refractivity contribution in [2.45, 2.75) is 13.8 Å². The van der Waals surface area contributed by atoms with Gasteiger partial charge >= 0.3 is 5.97 Å². The Balaban J connectivity index is 0.000000686. The number of aromatic nitrogens is 1. The van der Waals surface area contributed by atoms with Gasteiger partial charge in [0.15, 0.2) is 0 Å². The van der Waals surface area contributed by atoms with Gasteiger partial charge in [-0.1, -0.05) is 26.0 Å². The Bertz CT molecular complexity index is 512. The minimum absolute atomic E-state index is 0.346. The van der Waals surface area contributed by atoms with Crippen LogP contribution in [0.5, 0.6) is 0 Å². The van der Waals surface area contributed by atoms with Crippen molar-refractivity contribution >= 4 is 22.9 Å². The summed E-state index contributed by atoms with van der Waals surface area (Å²) in [6, 6.07) is 7.94. The molecular formula is C14H17NO2. The van der Waals surface area contributed by atoms with Crippen LogP contribution in [-0.2, 0) is 9.53 Å². The summed E-state index contributed by atoms with van der Waals surface area (Å²) in [5, 5.41) is 1.16. The van der Waals surface area contributed by atoms with Crippen LogP contribution in [0.25, 0.3) is 17.0 Å². The van der Waals surface area contributed by atoms with Crippen LogP contribution < -0.4 is 0 Å². The highest BCUT2D eigenvalue weighted by Crippen LogP contribution is 2.14. The number of esters is 1. The van der Waals surface area contributed by atoms with E-state index in [1.54, 1.807) is 6.08 Å². The number of rotatable bonds is 2. The summed E-state index contributed by atoms with van der Waals surface area (Å²) in [6.45, 7) is 4.00. The van der Waals surface area contributed by atoms with Gasteiger partial charge in [0.2, 0.25) is 0 Å². The Morgan fingerprint density at radius 1 is 1.29 bits per heavy atom. The number of fused-ring (bicyclic) bond motifs is 1. The maximum atomic E-state index is 10.9. The lowest BCUT2D eigenvalue weighted by Crippen LogP contribution is -1.93. The van der Waals surface area contributed by atoms with E-state index >= 15 is 0 Å². The van der Waals surface area contributed by atoms with Gasteiger partial charge in [-0.2, -0.15) is 0 Å². The fourth-order valence-corrected chi connectivity index (χ4v) is 1.40. The molecule has 1 aromatic carbocycles. The summed E-state index contributed by atoms with van der Waals surface area (Å²) in [7, 11) is 1.36. The summed E-state index contributed by atoms with van der Waals surface area (Å²) in [6.07, 6.45) is 5.02. The number of methoxy groups -OCH3 is 1. The Labute approximate surface area is 101 Å². The molecule has 0 unspecified atom stereocenters. The molecule has 3 heteroatoms. The molecule has 0 atom stereocenters.